The molecule has 2 rings (SSSR count). The van der Waals surface area contributed by atoms with Crippen molar-refractivity contribution in [2.45, 2.75) is 0 Å². The fourth-order valence-electron chi connectivity index (χ4n) is 1.60. The summed E-state index contributed by atoms with van der Waals surface area (Å²) >= 11 is 3.37. The van der Waals surface area contributed by atoms with Crippen LogP contribution in [0.3, 0.4) is 0 Å². The van der Waals surface area contributed by atoms with Crippen LogP contribution in [0.25, 0.3) is 0 Å². The molecular weight excluding hydrogens is 325 g/mol. The molecule has 0 fully saturated rings. The van der Waals surface area contributed by atoms with Gasteiger partial charge in [0, 0.05) is 10.7 Å². The number of esters is 1. The van der Waals surface area contributed by atoms with Crippen molar-refractivity contribution in [2.75, 3.05) is 7.11 Å². The Balaban J connectivity index is 2.28. The largest absolute Gasteiger partial charge is 0.465 e. The summed E-state index contributed by atoms with van der Waals surface area (Å²) < 4.78 is 18.9. The van der Waals surface area contributed by atoms with Crippen LogP contribution in [-0.4, -0.2) is 19.3 Å². The Morgan fingerprint density at radius 2 is 2.10 bits per heavy atom. The van der Waals surface area contributed by atoms with Crippen LogP contribution in [-0.2, 0) is 4.74 Å². The van der Waals surface area contributed by atoms with Crippen LogP contribution in [0, 0.1) is 5.82 Å². The van der Waals surface area contributed by atoms with E-state index in [2.05, 4.69) is 25.7 Å². The van der Waals surface area contributed by atoms with E-state index in [9.17, 15) is 9.18 Å². The van der Waals surface area contributed by atoms with E-state index in [1.165, 1.54) is 25.3 Å². The molecule has 0 N–H and O–H groups in total. The lowest BCUT2D eigenvalue weighted by Crippen LogP contribution is -2.03. The molecule has 0 saturated carbocycles. The molecule has 0 aliphatic carbocycles. The van der Waals surface area contributed by atoms with Crippen LogP contribution in [0.4, 0.5) is 10.1 Å². The second kappa shape index (κ2) is 6.43. The molecule has 20 heavy (non-hydrogen) atoms. The first-order chi connectivity index (χ1) is 9.60. The van der Waals surface area contributed by atoms with E-state index in [0.29, 0.717) is 5.69 Å². The number of nitrogens with zero attached hydrogens (tertiary/aromatic N) is 1. The number of hydrogen-bond donors (Lipinski definition) is 0. The van der Waals surface area contributed by atoms with Gasteiger partial charge in [-0.3, -0.25) is 4.99 Å². The Morgan fingerprint density at radius 3 is 2.80 bits per heavy atom. The maximum absolute atomic E-state index is 13.5. The molecule has 102 valence electrons. The normalized spacial score (nSPS) is 10.8. The van der Waals surface area contributed by atoms with Crippen LogP contribution in [0.5, 0.6) is 0 Å². The molecule has 3 nitrogen and oxygen atoms in total. The number of benzene rings is 2. The molecule has 0 aliphatic heterocycles. The molecule has 2 aromatic carbocycles. The van der Waals surface area contributed by atoms with Gasteiger partial charge < -0.3 is 4.74 Å². The number of ether oxygens (including phenoxy) is 1. The second-order valence-electron chi connectivity index (χ2n) is 3.97. The van der Waals surface area contributed by atoms with Gasteiger partial charge >= 0.3 is 5.97 Å². The van der Waals surface area contributed by atoms with Gasteiger partial charge in [0.1, 0.15) is 5.82 Å². The highest BCUT2D eigenvalue weighted by Crippen LogP contribution is 2.19. The molecule has 0 bridgehead atoms. The minimum absolute atomic E-state index is 0.128. The number of rotatable bonds is 3. The van der Waals surface area contributed by atoms with Gasteiger partial charge in [0.2, 0.25) is 0 Å². The van der Waals surface area contributed by atoms with Crippen molar-refractivity contribution in [3.63, 3.8) is 0 Å². The Labute approximate surface area is 124 Å². The quantitative estimate of drug-likeness (QED) is 0.625. The molecule has 0 aliphatic rings. The van der Waals surface area contributed by atoms with Crippen LogP contribution < -0.4 is 0 Å². The average Bonchev–Trinajstić information content (AvgIpc) is 2.45. The van der Waals surface area contributed by atoms with Crippen LogP contribution in [0.1, 0.15) is 15.9 Å². The van der Waals surface area contributed by atoms with Crippen molar-refractivity contribution in [1.82, 2.24) is 0 Å². The maximum atomic E-state index is 13.5. The van der Waals surface area contributed by atoms with Crippen molar-refractivity contribution >= 4 is 33.8 Å². The second-order valence-corrected chi connectivity index (χ2v) is 4.88. The molecule has 2 aromatic rings. The molecule has 0 spiro atoms. The third kappa shape index (κ3) is 3.51. The number of halogens is 2. The van der Waals surface area contributed by atoms with E-state index >= 15 is 0 Å². The van der Waals surface area contributed by atoms with E-state index in [1.54, 1.807) is 6.21 Å². The van der Waals surface area contributed by atoms with E-state index in [0.717, 1.165) is 10.0 Å². The summed E-state index contributed by atoms with van der Waals surface area (Å²) in [6.07, 6.45) is 1.64. The molecule has 0 unspecified atom stereocenters. The molecule has 5 heteroatoms. The number of hydrogen-bond acceptors (Lipinski definition) is 3. The lowest BCUT2D eigenvalue weighted by Gasteiger charge is -2.02. The predicted octanol–water partition coefficient (Wildman–Crippen LogP) is 4.13. The molecule has 0 aromatic heterocycles. The lowest BCUT2D eigenvalue weighted by atomic mass is 10.2. The van der Waals surface area contributed by atoms with Crippen LogP contribution in [0.2, 0.25) is 0 Å². The zero-order chi connectivity index (χ0) is 14.5. The Morgan fingerprint density at radius 1 is 1.30 bits per heavy atom. The number of aliphatic imine (C=N–C) groups is 1. The summed E-state index contributed by atoms with van der Waals surface area (Å²) in [7, 11) is 1.21. The summed E-state index contributed by atoms with van der Waals surface area (Å²) in [6.45, 7) is 0. The SMILES string of the molecule is COC(=O)c1cc(/N=C/c2cccc(Br)c2)ccc1F. The minimum Gasteiger partial charge on any atom is -0.465 e. The first-order valence-electron chi connectivity index (χ1n) is 5.77. The van der Waals surface area contributed by atoms with Crippen molar-refractivity contribution in [3.8, 4) is 0 Å². The van der Waals surface area contributed by atoms with E-state index in [1.807, 2.05) is 24.3 Å². The third-order valence-electron chi connectivity index (χ3n) is 2.57. The van der Waals surface area contributed by atoms with Crippen LogP contribution >= 0.6 is 15.9 Å². The van der Waals surface area contributed by atoms with Gasteiger partial charge in [-0.2, -0.15) is 0 Å². The van der Waals surface area contributed by atoms with Gasteiger partial charge in [-0.25, -0.2) is 9.18 Å². The van der Waals surface area contributed by atoms with Gasteiger partial charge in [-0.15, -0.1) is 0 Å². The van der Waals surface area contributed by atoms with Crippen molar-refractivity contribution in [2.24, 2.45) is 4.99 Å². The molecule has 0 radical (unpaired) electrons. The summed E-state index contributed by atoms with van der Waals surface area (Å²) in [4.78, 5) is 15.6. The van der Waals surface area contributed by atoms with E-state index in [-0.39, 0.29) is 5.56 Å². The van der Waals surface area contributed by atoms with Gasteiger partial charge in [-0.1, -0.05) is 28.1 Å². The van der Waals surface area contributed by atoms with Gasteiger partial charge in [0.05, 0.1) is 18.4 Å². The minimum atomic E-state index is -0.720. The summed E-state index contributed by atoms with van der Waals surface area (Å²) in [5.41, 5.74) is 1.24. The smallest absolute Gasteiger partial charge is 0.340 e. The highest BCUT2D eigenvalue weighted by atomic mass is 79.9. The van der Waals surface area contributed by atoms with Gasteiger partial charge in [-0.05, 0) is 35.9 Å². The fraction of sp³-hybridized carbons (Fsp3) is 0.0667. The molecular formula is C15H11BrFNO2. The molecule has 0 saturated heterocycles. The summed E-state index contributed by atoms with van der Waals surface area (Å²) in [5.74, 6) is -1.35. The Kier molecular flexibility index (Phi) is 4.63. The molecule has 0 atom stereocenters. The monoisotopic (exact) mass is 335 g/mol. The maximum Gasteiger partial charge on any atom is 0.340 e. The number of carbonyl (C=O) groups is 1. The molecule has 0 heterocycles. The Hall–Kier alpha value is -2.01. The van der Waals surface area contributed by atoms with E-state index in [4.69, 9.17) is 0 Å². The standard InChI is InChI=1S/C15H11BrFNO2/c1-20-15(19)13-8-12(5-6-14(13)17)18-9-10-3-2-4-11(16)7-10/h2-9H,1H3/b18-9+. The lowest BCUT2D eigenvalue weighted by molar-refractivity contribution is 0.0595. The van der Waals surface area contributed by atoms with Crippen molar-refractivity contribution in [3.05, 3.63) is 63.9 Å². The summed E-state index contributed by atoms with van der Waals surface area (Å²) in [6, 6.07) is 11.6. The van der Waals surface area contributed by atoms with Crippen LogP contribution in [0.15, 0.2) is 51.9 Å². The van der Waals surface area contributed by atoms with Crippen molar-refractivity contribution < 1.29 is 13.9 Å². The highest BCUT2D eigenvalue weighted by molar-refractivity contribution is 9.10. The highest BCUT2D eigenvalue weighted by Gasteiger charge is 2.12. The fourth-order valence-corrected chi connectivity index (χ4v) is 2.01. The zero-order valence-electron chi connectivity index (χ0n) is 10.6. The zero-order valence-corrected chi connectivity index (χ0v) is 12.2. The first-order valence-corrected chi connectivity index (χ1v) is 6.57. The Bertz CT molecular complexity index is 671. The predicted molar refractivity (Wildman–Crippen MR) is 79.1 cm³/mol. The molecule has 0 amide bonds. The van der Waals surface area contributed by atoms with Crippen molar-refractivity contribution in [1.29, 1.82) is 0 Å². The summed E-state index contributed by atoms with van der Waals surface area (Å²) in [5, 5.41) is 0. The van der Waals surface area contributed by atoms with Gasteiger partial charge in [0.25, 0.3) is 0 Å². The third-order valence-corrected chi connectivity index (χ3v) is 3.06. The number of methoxy groups -OCH3 is 1. The average molecular weight is 336 g/mol. The first kappa shape index (κ1) is 14.4. The number of carbonyl (C=O) groups excluding carboxylic acids is 1. The topological polar surface area (TPSA) is 38.7 Å². The van der Waals surface area contributed by atoms with E-state index < -0.39 is 11.8 Å². The van der Waals surface area contributed by atoms with Gasteiger partial charge in [0.15, 0.2) is 0 Å².